The molecule has 1 atom stereocenters. The van der Waals surface area contributed by atoms with Gasteiger partial charge in [-0.3, -0.25) is 0 Å². The normalized spacial score (nSPS) is 19.5. The van der Waals surface area contributed by atoms with Crippen LogP contribution in [0.25, 0.3) is 0 Å². The lowest BCUT2D eigenvalue weighted by Gasteiger charge is -2.12. The molecule has 1 heterocycles. The summed E-state index contributed by atoms with van der Waals surface area (Å²) in [5.74, 6) is 0. The van der Waals surface area contributed by atoms with Crippen LogP contribution in [-0.4, -0.2) is 9.55 Å². The minimum Gasteiger partial charge on any atom is -0.340 e. The molecule has 0 fully saturated rings. The molecule has 0 spiro atoms. The van der Waals surface area contributed by atoms with Crippen LogP contribution in [-0.2, 0) is 7.05 Å². The predicted molar refractivity (Wildman–Crippen MR) is 61.3 cm³/mol. The van der Waals surface area contributed by atoms with Crippen LogP contribution in [0.4, 0.5) is 0 Å². The number of aryl methyl sites for hydroxylation is 1. The highest BCUT2D eigenvalue weighted by molar-refractivity contribution is 5.20. The van der Waals surface area contributed by atoms with E-state index in [4.69, 9.17) is 5.73 Å². The van der Waals surface area contributed by atoms with Crippen LogP contribution < -0.4 is 5.73 Å². The van der Waals surface area contributed by atoms with E-state index in [-0.39, 0.29) is 6.04 Å². The van der Waals surface area contributed by atoms with Crippen LogP contribution in [0.2, 0.25) is 0 Å². The number of aromatic nitrogens is 2. The fourth-order valence-electron chi connectivity index (χ4n) is 2.11. The highest BCUT2D eigenvalue weighted by Gasteiger charge is 2.15. The van der Waals surface area contributed by atoms with Crippen molar-refractivity contribution >= 4 is 0 Å². The van der Waals surface area contributed by atoms with Gasteiger partial charge in [0.05, 0.1) is 18.1 Å². The molecule has 15 heavy (non-hydrogen) atoms. The van der Waals surface area contributed by atoms with Gasteiger partial charge >= 0.3 is 0 Å². The molecule has 2 rings (SSSR count). The van der Waals surface area contributed by atoms with Crippen molar-refractivity contribution < 1.29 is 0 Å². The largest absolute Gasteiger partial charge is 0.340 e. The Labute approximate surface area is 91.0 Å². The van der Waals surface area contributed by atoms with E-state index < -0.39 is 0 Å². The molecule has 0 radical (unpaired) electrons. The van der Waals surface area contributed by atoms with E-state index in [2.05, 4.69) is 11.1 Å². The molecule has 0 amide bonds. The van der Waals surface area contributed by atoms with Crippen molar-refractivity contribution in [2.24, 2.45) is 12.8 Å². The molecular formula is C12H19N3. The van der Waals surface area contributed by atoms with E-state index >= 15 is 0 Å². The quantitative estimate of drug-likeness (QED) is 0.753. The van der Waals surface area contributed by atoms with Crippen molar-refractivity contribution in [1.82, 2.24) is 9.55 Å². The summed E-state index contributed by atoms with van der Waals surface area (Å²) < 4.78 is 1.95. The Kier molecular flexibility index (Phi) is 3.21. The minimum absolute atomic E-state index is 0.00398. The van der Waals surface area contributed by atoms with E-state index in [9.17, 15) is 0 Å². The van der Waals surface area contributed by atoms with Crippen molar-refractivity contribution in [3.63, 3.8) is 0 Å². The number of hydrogen-bond donors (Lipinski definition) is 1. The van der Waals surface area contributed by atoms with Crippen LogP contribution in [0.15, 0.2) is 24.2 Å². The lowest BCUT2D eigenvalue weighted by molar-refractivity contribution is 0.683. The molecule has 0 aliphatic heterocycles. The molecule has 2 N–H and O–H groups in total. The molecule has 0 aromatic carbocycles. The summed E-state index contributed by atoms with van der Waals surface area (Å²) >= 11 is 0. The second-order valence-electron chi connectivity index (χ2n) is 4.32. The van der Waals surface area contributed by atoms with Gasteiger partial charge < -0.3 is 10.3 Å². The number of rotatable bonds is 2. The topological polar surface area (TPSA) is 43.8 Å². The first-order valence-corrected chi connectivity index (χ1v) is 5.70. The standard InChI is InChI=1S/C12H19N3/c1-15-8-11(14-9-15)12(13)10-6-4-2-3-5-7-10/h6,8-9,12H,2-5,7,13H2,1H3. The van der Waals surface area contributed by atoms with Gasteiger partial charge in [0.15, 0.2) is 0 Å². The summed E-state index contributed by atoms with van der Waals surface area (Å²) in [7, 11) is 1.98. The van der Waals surface area contributed by atoms with E-state index in [1.165, 1.54) is 31.3 Å². The van der Waals surface area contributed by atoms with Crippen molar-refractivity contribution in [2.75, 3.05) is 0 Å². The Balaban J connectivity index is 2.12. The highest BCUT2D eigenvalue weighted by Crippen LogP contribution is 2.26. The van der Waals surface area contributed by atoms with Gasteiger partial charge in [-0.1, -0.05) is 18.1 Å². The number of hydrogen-bond acceptors (Lipinski definition) is 2. The summed E-state index contributed by atoms with van der Waals surface area (Å²) in [5, 5.41) is 0. The molecule has 82 valence electrons. The maximum Gasteiger partial charge on any atom is 0.0947 e. The fourth-order valence-corrected chi connectivity index (χ4v) is 2.11. The Hall–Kier alpha value is -1.09. The maximum absolute atomic E-state index is 6.21. The van der Waals surface area contributed by atoms with Gasteiger partial charge in [-0.05, 0) is 25.7 Å². The summed E-state index contributed by atoms with van der Waals surface area (Å²) in [6.45, 7) is 0. The van der Waals surface area contributed by atoms with Gasteiger partial charge in [0.2, 0.25) is 0 Å². The molecular weight excluding hydrogens is 186 g/mol. The van der Waals surface area contributed by atoms with Crippen molar-refractivity contribution in [1.29, 1.82) is 0 Å². The molecule has 1 unspecified atom stereocenters. The zero-order valence-corrected chi connectivity index (χ0v) is 9.32. The summed E-state index contributed by atoms with van der Waals surface area (Å²) in [5.41, 5.74) is 8.57. The van der Waals surface area contributed by atoms with Gasteiger partial charge in [0.1, 0.15) is 0 Å². The van der Waals surface area contributed by atoms with Crippen LogP contribution in [0.1, 0.15) is 43.8 Å². The van der Waals surface area contributed by atoms with Gasteiger partial charge in [-0.15, -0.1) is 0 Å². The zero-order valence-electron chi connectivity index (χ0n) is 9.32. The molecule has 1 aromatic rings. The SMILES string of the molecule is Cn1cnc(C(N)C2=CCCCCC2)c1. The van der Waals surface area contributed by atoms with Gasteiger partial charge in [-0.25, -0.2) is 4.98 Å². The average Bonchev–Trinajstić information content (AvgIpc) is 2.53. The first-order valence-electron chi connectivity index (χ1n) is 5.70. The summed E-state index contributed by atoms with van der Waals surface area (Å²) in [6, 6.07) is 0.00398. The molecule has 3 heteroatoms. The van der Waals surface area contributed by atoms with Crippen molar-refractivity contribution in [3.05, 3.63) is 29.9 Å². The van der Waals surface area contributed by atoms with Crippen LogP contribution in [0.3, 0.4) is 0 Å². The predicted octanol–water partition coefficient (Wildman–Crippen LogP) is 2.31. The van der Waals surface area contributed by atoms with Gasteiger partial charge in [0.25, 0.3) is 0 Å². The Morgan fingerprint density at radius 2 is 2.27 bits per heavy atom. The Morgan fingerprint density at radius 3 is 3.00 bits per heavy atom. The van der Waals surface area contributed by atoms with Gasteiger partial charge in [-0.2, -0.15) is 0 Å². The van der Waals surface area contributed by atoms with Gasteiger partial charge in [0, 0.05) is 13.2 Å². The second-order valence-corrected chi connectivity index (χ2v) is 4.32. The molecule has 0 saturated carbocycles. The van der Waals surface area contributed by atoms with Crippen LogP contribution in [0.5, 0.6) is 0 Å². The molecule has 1 aliphatic carbocycles. The van der Waals surface area contributed by atoms with E-state index in [0.717, 1.165) is 12.1 Å². The first-order chi connectivity index (χ1) is 7.27. The Bertz CT molecular complexity index is 352. The first kappa shape index (κ1) is 10.4. The molecule has 0 saturated heterocycles. The molecule has 1 aromatic heterocycles. The molecule has 3 nitrogen and oxygen atoms in total. The van der Waals surface area contributed by atoms with E-state index in [1.54, 1.807) is 0 Å². The van der Waals surface area contributed by atoms with Crippen molar-refractivity contribution in [3.8, 4) is 0 Å². The number of nitrogens with zero attached hydrogens (tertiary/aromatic N) is 2. The van der Waals surface area contributed by atoms with Crippen molar-refractivity contribution in [2.45, 2.75) is 38.1 Å². The average molecular weight is 205 g/mol. The summed E-state index contributed by atoms with van der Waals surface area (Å²) in [4.78, 5) is 4.32. The number of nitrogens with two attached hydrogens (primary N) is 1. The highest BCUT2D eigenvalue weighted by atomic mass is 15.0. The maximum atomic E-state index is 6.21. The third-order valence-corrected chi connectivity index (χ3v) is 3.02. The molecule has 0 bridgehead atoms. The Morgan fingerprint density at radius 1 is 1.40 bits per heavy atom. The van der Waals surface area contributed by atoms with Crippen LogP contribution in [0, 0.1) is 0 Å². The third-order valence-electron chi connectivity index (χ3n) is 3.02. The second kappa shape index (κ2) is 4.62. The molecule has 1 aliphatic rings. The van der Waals surface area contributed by atoms with Crippen LogP contribution >= 0.6 is 0 Å². The lowest BCUT2D eigenvalue weighted by atomic mass is 10.0. The number of imidazole rings is 1. The fraction of sp³-hybridized carbons (Fsp3) is 0.583. The number of allylic oxidation sites excluding steroid dienone is 1. The zero-order chi connectivity index (χ0) is 10.7. The minimum atomic E-state index is 0.00398. The third kappa shape index (κ3) is 2.48. The lowest BCUT2D eigenvalue weighted by Crippen LogP contribution is -2.13. The van der Waals surface area contributed by atoms with E-state index in [1.807, 2.05) is 24.1 Å². The monoisotopic (exact) mass is 205 g/mol. The summed E-state index contributed by atoms with van der Waals surface area (Å²) in [6.07, 6.45) is 12.3. The smallest absolute Gasteiger partial charge is 0.0947 e. The van der Waals surface area contributed by atoms with E-state index in [0.29, 0.717) is 0 Å².